The van der Waals surface area contributed by atoms with Crippen LogP contribution in [0.3, 0.4) is 0 Å². The summed E-state index contributed by atoms with van der Waals surface area (Å²) in [6.45, 7) is 11.0. The molecule has 0 aliphatic carbocycles. The van der Waals surface area contributed by atoms with Gasteiger partial charge in [-0.1, -0.05) is 69.3 Å². The third-order valence-electron chi connectivity index (χ3n) is 8.89. The molecule has 1 aliphatic heterocycles. The molecule has 53 heavy (non-hydrogen) atoms. The van der Waals surface area contributed by atoms with Crippen LogP contribution in [0.4, 0.5) is 4.79 Å². The highest BCUT2D eigenvalue weighted by Gasteiger charge is 2.43. The molecule has 4 rings (SSSR count). The monoisotopic (exact) mass is 728 g/mol. The molecule has 4 amide bonds. The Bertz CT molecular complexity index is 1790. The zero-order valence-corrected chi connectivity index (χ0v) is 32.2. The number of methoxy groups -OCH3 is 2. The molecule has 0 fully saturated rings. The summed E-state index contributed by atoms with van der Waals surface area (Å²) in [6.07, 6.45) is -0.399. The van der Waals surface area contributed by atoms with Crippen LogP contribution in [0.15, 0.2) is 72.8 Å². The summed E-state index contributed by atoms with van der Waals surface area (Å²) in [4.78, 5) is 72.2. The number of hydrogen-bond acceptors (Lipinski definition) is 8. The largest absolute Gasteiger partial charge is 0.497 e. The first kappa shape index (κ1) is 40.4. The van der Waals surface area contributed by atoms with E-state index < -0.39 is 47.0 Å². The quantitative estimate of drug-likeness (QED) is 0.261. The normalized spacial score (nSPS) is 14.7. The fraction of sp³-hybridized carbons (Fsp3) is 0.439. The van der Waals surface area contributed by atoms with Crippen molar-refractivity contribution in [1.29, 1.82) is 0 Å². The average Bonchev–Trinajstić information content (AvgIpc) is 3.11. The van der Waals surface area contributed by atoms with Gasteiger partial charge in [0, 0.05) is 33.1 Å². The molecule has 1 N–H and O–H groups in total. The Balaban J connectivity index is 1.69. The van der Waals surface area contributed by atoms with Crippen LogP contribution >= 0.6 is 0 Å². The highest BCUT2D eigenvalue weighted by molar-refractivity contribution is 5.94. The summed E-state index contributed by atoms with van der Waals surface area (Å²) in [5.41, 5.74) is 2.34. The van der Waals surface area contributed by atoms with Gasteiger partial charge < -0.3 is 34.2 Å². The van der Waals surface area contributed by atoms with Crippen molar-refractivity contribution in [1.82, 2.24) is 20.0 Å². The third kappa shape index (κ3) is 10.8. The van der Waals surface area contributed by atoms with Crippen LogP contribution in [-0.4, -0.2) is 90.0 Å². The van der Waals surface area contributed by atoms with E-state index in [-0.39, 0.29) is 38.5 Å². The van der Waals surface area contributed by atoms with E-state index in [1.807, 2.05) is 69.3 Å². The number of esters is 1. The van der Waals surface area contributed by atoms with Crippen molar-refractivity contribution < 1.29 is 38.2 Å². The van der Waals surface area contributed by atoms with E-state index in [9.17, 15) is 24.0 Å². The van der Waals surface area contributed by atoms with Crippen LogP contribution in [0.1, 0.15) is 74.2 Å². The SMILES string of the molecule is COC(=O)c1ccc(CN(Cc2cccc(OC)c2)C(=O)C2Cc3ccccc3CN2C(=O)C(NC(=O)CN(C)C(=O)OC(C)(C)C)C(C)(C)C)cc1. The van der Waals surface area contributed by atoms with E-state index in [4.69, 9.17) is 14.2 Å². The summed E-state index contributed by atoms with van der Waals surface area (Å²) >= 11 is 0. The number of hydrogen-bond donors (Lipinski definition) is 1. The molecule has 3 aromatic rings. The van der Waals surface area contributed by atoms with Gasteiger partial charge in [0.1, 0.15) is 30.0 Å². The number of fused-ring (bicyclic) bond motifs is 1. The van der Waals surface area contributed by atoms with Gasteiger partial charge in [-0.15, -0.1) is 0 Å². The van der Waals surface area contributed by atoms with Gasteiger partial charge in [-0.2, -0.15) is 0 Å². The van der Waals surface area contributed by atoms with E-state index in [2.05, 4.69) is 5.32 Å². The van der Waals surface area contributed by atoms with E-state index in [1.165, 1.54) is 14.2 Å². The molecule has 1 heterocycles. The number of rotatable bonds is 11. The van der Waals surface area contributed by atoms with E-state index in [0.29, 0.717) is 11.3 Å². The minimum Gasteiger partial charge on any atom is -0.497 e. The molecule has 1 aliphatic rings. The van der Waals surface area contributed by atoms with Crippen molar-refractivity contribution in [2.24, 2.45) is 5.41 Å². The number of carbonyl (C=O) groups excluding carboxylic acids is 5. The van der Waals surface area contributed by atoms with Crippen LogP contribution in [0.25, 0.3) is 0 Å². The van der Waals surface area contributed by atoms with Crippen LogP contribution in [-0.2, 0) is 49.9 Å². The molecular weight excluding hydrogens is 676 g/mol. The molecule has 284 valence electrons. The molecule has 0 radical (unpaired) electrons. The predicted molar refractivity (Wildman–Crippen MR) is 200 cm³/mol. The van der Waals surface area contributed by atoms with E-state index in [0.717, 1.165) is 27.2 Å². The minimum absolute atomic E-state index is 0.159. The molecule has 0 spiro atoms. The second-order valence-corrected chi connectivity index (χ2v) is 15.4. The Morgan fingerprint density at radius 1 is 0.849 bits per heavy atom. The van der Waals surface area contributed by atoms with Crippen molar-refractivity contribution in [3.05, 3.63) is 101 Å². The van der Waals surface area contributed by atoms with Gasteiger partial charge in [0.05, 0.1) is 19.8 Å². The van der Waals surface area contributed by atoms with Crippen LogP contribution < -0.4 is 10.1 Å². The summed E-state index contributed by atoms with van der Waals surface area (Å²) in [5.74, 6) is -1.06. The molecule has 0 saturated carbocycles. The van der Waals surface area contributed by atoms with Gasteiger partial charge in [-0.3, -0.25) is 14.4 Å². The Kier molecular flexibility index (Phi) is 12.9. The highest BCUT2D eigenvalue weighted by Crippen LogP contribution is 2.30. The van der Waals surface area contributed by atoms with Crippen molar-refractivity contribution >= 4 is 29.8 Å². The Hall–Kier alpha value is -5.39. The Morgan fingerprint density at radius 2 is 1.49 bits per heavy atom. The zero-order chi connectivity index (χ0) is 39.1. The lowest BCUT2D eigenvalue weighted by atomic mass is 9.84. The van der Waals surface area contributed by atoms with Gasteiger partial charge in [0.2, 0.25) is 17.7 Å². The Morgan fingerprint density at radius 3 is 2.09 bits per heavy atom. The van der Waals surface area contributed by atoms with Crippen molar-refractivity contribution in [3.63, 3.8) is 0 Å². The van der Waals surface area contributed by atoms with Crippen LogP contribution in [0.5, 0.6) is 5.75 Å². The fourth-order valence-electron chi connectivity index (χ4n) is 6.11. The molecule has 3 aromatic carbocycles. The maximum absolute atomic E-state index is 14.9. The lowest BCUT2D eigenvalue weighted by Crippen LogP contribution is -2.61. The molecule has 12 heteroatoms. The first-order valence-corrected chi connectivity index (χ1v) is 17.6. The number of ether oxygens (including phenoxy) is 3. The second kappa shape index (κ2) is 17.0. The van der Waals surface area contributed by atoms with Crippen molar-refractivity contribution in [3.8, 4) is 5.75 Å². The molecule has 0 aromatic heterocycles. The second-order valence-electron chi connectivity index (χ2n) is 15.4. The molecule has 0 bridgehead atoms. The fourth-order valence-corrected chi connectivity index (χ4v) is 6.11. The predicted octanol–water partition coefficient (Wildman–Crippen LogP) is 5.36. The molecule has 2 atom stereocenters. The topological polar surface area (TPSA) is 135 Å². The maximum atomic E-state index is 14.9. The van der Waals surface area contributed by atoms with Crippen LogP contribution in [0.2, 0.25) is 0 Å². The van der Waals surface area contributed by atoms with Crippen molar-refractivity contribution in [2.45, 2.75) is 85.3 Å². The number of nitrogens with one attached hydrogen (secondary N) is 1. The summed E-state index contributed by atoms with van der Waals surface area (Å²) in [6, 6.07) is 20.1. The highest BCUT2D eigenvalue weighted by atomic mass is 16.6. The molecular formula is C41H52N4O8. The Labute approximate surface area is 312 Å². The minimum atomic E-state index is -1.03. The molecule has 0 saturated heterocycles. The van der Waals surface area contributed by atoms with Crippen LogP contribution in [0, 0.1) is 5.41 Å². The summed E-state index contributed by atoms with van der Waals surface area (Å²) in [5, 5.41) is 2.87. The van der Waals surface area contributed by atoms with Gasteiger partial charge in [0.25, 0.3) is 0 Å². The summed E-state index contributed by atoms with van der Waals surface area (Å²) in [7, 11) is 4.35. The van der Waals surface area contributed by atoms with E-state index in [1.54, 1.807) is 61.9 Å². The van der Waals surface area contributed by atoms with Gasteiger partial charge in [-0.25, -0.2) is 9.59 Å². The molecule has 12 nitrogen and oxygen atoms in total. The first-order chi connectivity index (χ1) is 24.9. The van der Waals surface area contributed by atoms with E-state index >= 15 is 0 Å². The lowest BCUT2D eigenvalue weighted by Gasteiger charge is -2.42. The maximum Gasteiger partial charge on any atom is 0.410 e. The average molecular weight is 729 g/mol. The first-order valence-electron chi connectivity index (χ1n) is 17.6. The van der Waals surface area contributed by atoms with Gasteiger partial charge in [-0.05, 0) is 72.7 Å². The van der Waals surface area contributed by atoms with Gasteiger partial charge in [0.15, 0.2) is 0 Å². The number of nitrogens with zero attached hydrogens (tertiary/aromatic N) is 3. The number of benzene rings is 3. The number of amides is 4. The number of carbonyl (C=O) groups is 5. The van der Waals surface area contributed by atoms with Crippen molar-refractivity contribution in [2.75, 3.05) is 27.8 Å². The summed E-state index contributed by atoms with van der Waals surface area (Å²) < 4.78 is 15.7. The molecule has 2 unspecified atom stereocenters. The standard InChI is InChI=1S/C41H52N4O8/c1-40(2,3)35(42-34(46)26-43(7)39(50)53-41(4,5)6)37(48)45-25-31-15-11-10-14-30(31)22-33(45)36(47)44(24-28-13-12-16-32(21-28)51-8)23-27-17-19-29(20-18-27)38(49)52-9/h10-21,33,35H,22-26H2,1-9H3,(H,42,46). The zero-order valence-electron chi connectivity index (χ0n) is 32.2. The third-order valence-corrected chi connectivity index (χ3v) is 8.89. The van der Waals surface area contributed by atoms with Gasteiger partial charge >= 0.3 is 12.1 Å². The number of likely N-dealkylation sites (N-methyl/N-ethyl adjacent to an activating group) is 1. The smallest absolute Gasteiger partial charge is 0.410 e. The lowest BCUT2D eigenvalue weighted by molar-refractivity contribution is -0.151.